The molecule has 39 heavy (non-hydrogen) atoms. The highest BCUT2D eigenvalue weighted by Gasteiger charge is 2.13. The van der Waals surface area contributed by atoms with Gasteiger partial charge in [-0.2, -0.15) is 0 Å². The minimum Gasteiger partial charge on any atom is -0.311 e. The maximum absolute atomic E-state index is 13.2. The molecule has 186 valence electrons. The molecule has 0 atom stereocenters. The first-order valence-electron chi connectivity index (χ1n) is 12.8. The lowest BCUT2D eigenvalue weighted by Crippen LogP contribution is -2.09. The fourth-order valence-corrected chi connectivity index (χ4v) is 4.92. The summed E-state index contributed by atoms with van der Waals surface area (Å²) >= 11 is 0. The quantitative estimate of drug-likeness (QED) is 0.0943. The summed E-state index contributed by atoms with van der Waals surface area (Å²) in [6, 6.07) is 44.3. The van der Waals surface area contributed by atoms with Crippen molar-refractivity contribution in [2.24, 2.45) is 0 Å². The summed E-state index contributed by atoms with van der Waals surface area (Å²) in [7, 11) is 0. The van der Waals surface area contributed by atoms with Gasteiger partial charge in [0.25, 0.3) is 0 Å². The molecule has 0 radical (unpaired) electrons. The van der Waals surface area contributed by atoms with Crippen LogP contribution in [-0.4, -0.2) is 12.1 Å². The van der Waals surface area contributed by atoms with Gasteiger partial charge in [0.05, 0.1) is 0 Å². The van der Waals surface area contributed by atoms with Crippen molar-refractivity contribution in [3.05, 3.63) is 156 Å². The van der Waals surface area contributed by atoms with Crippen LogP contribution in [0.3, 0.4) is 0 Å². The zero-order valence-corrected chi connectivity index (χ0v) is 21.2. The standard InChI is InChI=1S/C36H25NO2/c38-25-31-23-29-21-27-9-7-8-10-28(27)22-30(29)24-35(31)36(39)20-17-26-15-18-34(19-16-26)37(32-11-3-1-4-12-32)33-13-5-2-6-14-33/h1-25H/b20-17-. The van der Waals surface area contributed by atoms with Gasteiger partial charge in [-0.3, -0.25) is 9.59 Å². The van der Waals surface area contributed by atoms with Crippen LogP contribution in [0.2, 0.25) is 0 Å². The number of allylic oxidation sites excluding steroid dienone is 1. The molecule has 6 aromatic carbocycles. The van der Waals surface area contributed by atoms with Gasteiger partial charge in [0.2, 0.25) is 0 Å². The molecule has 0 aromatic heterocycles. The number of hydrogen-bond donors (Lipinski definition) is 0. The summed E-state index contributed by atoms with van der Waals surface area (Å²) in [5.41, 5.74) is 4.83. The van der Waals surface area contributed by atoms with Crippen molar-refractivity contribution in [1.29, 1.82) is 0 Å². The Labute approximate surface area is 227 Å². The smallest absolute Gasteiger partial charge is 0.186 e. The summed E-state index contributed by atoms with van der Waals surface area (Å²) < 4.78 is 0. The molecular formula is C36H25NO2. The Kier molecular flexibility index (Phi) is 6.55. The van der Waals surface area contributed by atoms with Gasteiger partial charge in [-0.1, -0.05) is 78.9 Å². The normalized spacial score (nSPS) is 11.2. The van der Waals surface area contributed by atoms with Crippen molar-refractivity contribution in [3.63, 3.8) is 0 Å². The van der Waals surface area contributed by atoms with E-state index in [1.54, 1.807) is 12.1 Å². The van der Waals surface area contributed by atoms with Crippen LogP contribution in [0.5, 0.6) is 0 Å². The molecule has 0 spiro atoms. The predicted molar refractivity (Wildman–Crippen MR) is 161 cm³/mol. The lowest BCUT2D eigenvalue weighted by atomic mass is 9.96. The molecule has 0 aliphatic heterocycles. The van der Waals surface area contributed by atoms with Crippen LogP contribution >= 0.6 is 0 Å². The van der Waals surface area contributed by atoms with Crippen molar-refractivity contribution < 1.29 is 9.59 Å². The average molecular weight is 504 g/mol. The predicted octanol–water partition coefficient (Wildman–Crippen LogP) is 9.17. The van der Waals surface area contributed by atoms with Crippen molar-refractivity contribution >= 4 is 56.8 Å². The maximum Gasteiger partial charge on any atom is 0.186 e. The van der Waals surface area contributed by atoms with Gasteiger partial charge in [-0.25, -0.2) is 0 Å². The Hall–Kier alpha value is -5.28. The van der Waals surface area contributed by atoms with Gasteiger partial charge in [0.1, 0.15) is 0 Å². The molecule has 0 bridgehead atoms. The summed E-state index contributed by atoms with van der Waals surface area (Å²) in [6.45, 7) is 0. The molecule has 6 aromatic rings. The molecule has 3 heteroatoms. The number of fused-ring (bicyclic) bond motifs is 2. The fourth-order valence-electron chi connectivity index (χ4n) is 4.92. The van der Waals surface area contributed by atoms with Gasteiger partial charge < -0.3 is 4.90 Å². The number of para-hydroxylation sites is 2. The van der Waals surface area contributed by atoms with Crippen LogP contribution in [0.1, 0.15) is 26.3 Å². The van der Waals surface area contributed by atoms with Crippen LogP contribution < -0.4 is 4.90 Å². The SMILES string of the molecule is O=Cc1cc2cc3ccccc3cc2cc1C(=O)/C=C\c1ccc(N(c2ccccc2)c2ccccc2)cc1. The van der Waals surface area contributed by atoms with E-state index < -0.39 is 0 Å². The molecule has 0 aliphatic carbocycles. The largest absolute Gasteiger partial charge is 0.311 e. The zero-order valence-electron chi connectivity index (χ0n) is 21.2. The first-order chi connectivity index (χ1) is 19.2. The van der Waals surface area contributed by atoms with Crippen molar-refractivity contribution in [2.75, 3.05) is 4.90 Å². The van der Waals surface area contributed by atoms with Gasteiger partial charge in [-0.05, 0) is 93.8 Å². The van der Waals surface area contributed by atoms with Gasteiger partial charge in [-0.15, -0.1) is 0 Å². The van der Waals surface area contributed by atoms with Crippen LogP contribution in [-0.2, 0) is 0 Å². The van der Waals surface area contributed by atoms with Crippen molar-refractivity contribution in [3.8, 4) is 0 Å². The molecule has 0 fully saturated rings. The molecule has 0 saturated heterocycles. The number of ketones is 1. The van der Waals surface area contributed by atoms with Gasteiger partial charge in [0.15, 0.2) is 12.1 Å². The highest BCUT2D eigenvalue weighted by atomic mass is 16.1. The fraction of sp³-hybridized carbons (Fsp3) is 0. The Balaban J connectivity index is 1.29. The Morgan fingerprint density at radius 3 is 1.62 bits per heavy atom. The number of anilines is 3. The summed E-state index contributed by atoms with van der Waals surface area (Å²) in [5, 5.41) is 4.07. The molecule has 6 rings (SSSR count). The lowest BCUT2D eigenvalue weighted by molar-refractivity contribution is 0.103. The number of hydrogen-bond acceptors (Lipinski definition) is 3. The van der Waals surface area contributed by atoms with Gasteiger partial charge in [0, 0.05) is 28.2 Å². The summed E-state index contributed by atoms with van der Waals surface area (Å²) in [6.07, 6.45) is 4.09. The number of carbonyl (C=O) groups is 2. The third-order valence-electron chi connectivity index (χ3n) is 6.87. The molecule has 0 amide bonds. The number of benzene rings is 6. The van der Waals surface area contributed by atoms with E-state index in [0.717, 1.165) is 50.5 Å². The van der Waals surface area contributed by atoms with E-state index in [1.807, 2.05) is 91.0 Å². The second-order valence-electron chi connectivity index (χ2n) is 9.40. The monoisotopic (exact) mass is 503 g/mol. The minimum absolute atomic E-state index is 0.202. The van der Waals surface area contributed by atoms with E-state index in [4.69, 9.17) is 0 Å². The molecule has 0 saturated carbocycles. The number of rotatable bonds is 7. The molecule has 0 aliphatic rings. The van der Waals surface area contributed by atoms with E-state index in [9.17, 15) is 9.59 Å². The number of aldehydes is 1. The van der Waals surface area contributed by atoms with E-state index in [-0.39, 0.29) is 5.78 Å². The first kappa shape index (κ1) is 24.1. The second kappa shape index (κ2) is 10.6. The number of nitrogens with zero attached hydrogens (tertiary/aromatic N) is 1. The molecule has 3 nitrogen and oxygen atoms in total. The van der Waals surface area contributed by atoms with Crippen molar-refractivity contribution in [2.45, 2.75) is 0 Å². The van der Waals surface area contributed by atoms with E-state index in [0.29, 0.717) is 11.1 Å². The van der Waals surface area contributed by atoms with Crippen LogP contribution in [0, 0.1) is 0 Å². The highest BCUT2D eigenvalue weighted by molar-refractivity contribution is 6.14. The average Bonchev–Trinajstić information content (AvgIpc) is 3.00. The van der Waals surface area contributed by atoms with E-state index in [2.05, 4.69) is 41.3 Å². The second-order valence-corrected chi connectivity index (χ2v) is 9.40. The minimum atomic E-state index is -0.202. The van der Waals surface area contributed by atoms with Gasteiger partial charge >= 0.3 is 0 Å². The molecule has 0 unspecified atom stereocenters. The molecular weight excluding hydrogens is 478 g/mol. The van der Waals surface area contributed by atoms with Crippen LogP contribution in [0.25, 0.3) is 27.6 Å². The topological polar surface area (TPSA) is 37.4 Å². The Morgan fingerprint density at radius 1 is 0.538 bits per heavy atom. The summed E-state index contributed by atoms with van der Waals surface area (Å²) in [5.74, 6) is -0.202. The first-order valence-corrected chi connectivity index (χ1v) is 12.8. The van der Waals surface area contributed by atoms with Crippen LogP contribution in [0.4, 0.5) is 17.1 Å². The number of carbonyl (C=O) groups excluding carboxylic acids is 2. The molecule has 0 N–H and O–H groups in total. The van der Waals surface area contributed by atoms with E-state index >= 15 is 0 Å². The lowest BCUT2D eigenvalue weighted by Gasteiger charge is -2.25. The highest BCUT2D eigenvalue weighted by Crippen LogP contribution is 2.34. The zero-order chi connectivity index (χ0) is 26.6. The maximum atomic E-state index is 13.2. The molecule has 0 heterocycles. The van der Waals surface area contributed by atoms with Crippen molar-refractivity contribution in [1.82, 2.24) is 0 Å². The third-order valence-corrected chi connectivity index (χ3v) is 6.87. The Bertz CT molecular complexity index is 1780. The third kappa shape index (κ3) is 4.98. The Morgan fingerprint density at radius 2 is 1.05 bits per heavy atom. The summed E-state index contributed by atoms with van der Waals surface area (Å²) in [4.78, 5) is 27.3. The van der Waals surface area contributed by atoms with Crippen LogP contribution in [0.15, 0.2) is 140 Å². The van der Waals surface area contributed by atoms with E-state index in [1.165, 1.54) is 6.08 Å².